The van der Waals surface area contributed by atoms with Crippen LogP contribution in [0, 0.1) is 11.6 Å². The lowest BCUT2D eigenvalue weighted by atomic mass is 10.2. The van der Waals surface area contributed by atoms with Gasteiger partial charge in [0.25, 0.3) is 0 Å². The van der Waals surface area contributed by atoms with Crippen molar-refractivity contribution in [2.75, 3.05) is 11.9 Å². The SMILES string of the molecule is O=C(CN(Cc1cccc(Cl)c1)S(=O)(=O)c1ccc(Cl)cc1)Nc1cc(F)ccc1F. The number of hydrogen-bond donors (Lipinski definition) is 1. The lowest BCUT2D eigenvalue weighted by Gasteiger charge is -2.22. The van der Waals surface area contributed by atoms with E-state index in [1.165, 1.54) is 24.3 Å². The Morgan fingerprint density at radius 1 is 0.935 bits per heavy atom. The molecule has 0 radical (unpaired) electrons. The topological polar surface area (TPSA) is 66.5 Å². The minimum absolute atomic E-state index is 0.0799. The van der Waals surface area contributed by atoms with Gasteiger partial charge >= 0.3 is 0 Å². The van der Waals surface area contributed by atoms with Crippen molar-refractivity contribution in [3.05, 3.63) is 94.0 Å². The summed E-state index contributed by atoms with van der Waals surface area (Å²) >= 11 is 11.8. The van der Waals surface area contributed by atoms with Gasteiger partial charge in [-0.05, 0) is 54.1 Å². The second-order valence-corrected chi connectivity index (χ2v) is 9.34. The number of hydrogen-bond acceptors (Lipinski definition) is 3. The van der Waals surface area contributed by atoms with E-state index in [1.54, 1.807) is 24.3 Å². The van der Waals surface area contributed by atoms with Crippen LogP contribution in [-0.2, 0) is 21.4 Å². The van der Waals surface area contributed by atoms with E-state index in [1.807, 2.05) is 0 Å². The molecule has 3 rings (SSSR count). The zero-order chi connectivity index (χ0) is 22.6. The molecule has 31 heavy (non-hydrogen) atoms. The summed E-state index contributed by atoms with van der Waals surface area (Å²) in [5, 5.41) is 2.95. The second kappa shape index (κ2) is 9.74. The van der Waals surface area contributed by atoms with Gasteiger partial charge in [0.2, 0.25) is 15.9 Å². The average molecular weight is 485 g/mol. The highest BCUT2D eigenvalue weighted by molar-refractivity contribution is 7.89. The number of anilines is 1. The molecule has 0 aliphatic carbocycles. The molecule has 0 aliphatic heterocycles. The monoisotopic (exact) mass is 484 g/mol. The van der Waals surface area contributed by atoms with Gasteiger partial charge in [-0.15, -0.1) is 0 Å². The molecule has 0 saturated carbocycles. The van der Waals surface area contributed by atoms with Gasteiger partial charge in [-0.3, -0.25) is 4.79 Å². The molecule has 1 amide bonds. The van der Waals surface area contributed by atoms with E-state index in [0.29, 0.717) is 15.6 Å². The van der Waals surface area contributed by atoms with Crippen LogP contribution in [0.4, 0.5) is 14.5 Å². The van der Waals surface area contributed by atoms with Crippen molar-refractivity contribution in [2.24, 2.45) is 0 Å². The number of benzene rings is 3. The number of rotatable bonds is 7. The fourth-order valence-corrected chi connectivity index (χ4v) is 4.49. The second-order valence-electron chi connectivity index (χ2n) is 6.53. The number of amides is 1. The molecule has 3 aromatic rings. The molecular formula is C21H16Cl2F2N2O3S. The summed E-state index contributed by atoms with van der Waals surface area (Å²) in [5.41, 5.74) is 0.145. The lowest BCUT2D eigenvalue weighted by molar-refractivity contribution is -0.116. The van der Waals surface area contributed by atoms with Gasteiger partial charge in [-0.25, -0.2) is 17.2 Å². The van der Waals surface area contributed by atoms with E-state index in [9.17, 15) is 22.0 Å². The van der Waals surface area contributed by atoms with Crippen molar-refractivity contribution in [2.45, 2.75) is 11.4 Å². The Bertz CT molecular complexity index is 1210. The lowest BCUT2D eigenvalue weighted by Crippen LogP contribution is -2.37. The first kappa shape index (κ1) is 23.1. The maximum Gasteiger partial charge on any atom is 0.243 e. The molecule has 5 nitrogen and oxygen atoms in total. The molecule has 162 valence electrons. The van der Waals surface area contributed by atoms with E-state index in [4.69, 9.17) is 23.2 Å². The standard InChI is InChI=1S/C21H16Cl2F2N2O3S/c22-15-4-7-18(8-5-15)31(29,30)27(12-14-2-1-3-16(23)10-14)13-21(28)26-20-11-17(24)6-9-19(20)25/h1-11H,12-13H2,(H,26,28). The van der Waals surface area contributed by atoms with Crippen molar-refractivity contribution in [1.82, 2.24) is 4.31 Å². The number of carbonyl (C=O) groups excluding carboxylic acids is 1. The highest BCUT2D eigenvalue weighted by atomic mass is 35.5. The number of halogens is 4. The van der Waals surface area contributed by atoms with Gasteiger partial charge in [0.05, 0.1) is 17.1 Å². The van der Waals surface area contributed by atoms with Crippen LogP contribution in [0.1, 0.15) is 5.56 Å². The fourth-order valence-electron chi connectivity index (χ4n) is 2.76. The predicted molar refractivity (Wildman–Crippen MR) is 115 cm³/mol. The quantitative estimate of drug-likeness (QED) is 0.507. The van der Waals surface area contributed by atoms with Gasteiger partial charge in [-0.2, -0.15) is 4.31 Å². The van der Waals surface area contributed by atoms with E-state index in [-0.39, 0.29) is 11.4 Å². The normalized spacial score (nSPS) is 11.5. The van der Waals surface area contributed by atoms with Gasteiger partial charge in [-0.1, -0.05) is 35.3 Å². The summed E-state index contributed by atoms with van der Waals surface area (Å²) in [4.78, 5) is 12.4. The van der Waals surface area contributed by atoms with Gasteiger partial charge < -0.3 is 5.32 Å². The first-order valence-electron chi connectivity index (χ1n) is 8.90. The Balaban J connectivity index is 1.90. The Morgan fingerprint density at radius 2 is 1.65 bits per heavy atom. The Morgan fingerprint density at radius 3 is 2.32 bits per heavy atom. The van der Waals surface area contributed by atoms with Crippen LogP contribution in [0.2, 0.25) is 10.0 Å². The highest BCUT2D eigenvalue weighted by Gasteiger charge is 2.27. The number of sulfonamides is 1. The fraction of sp³-hybridized carbons (Fsp3) is 0.0952. The average Bonchev–Trinajstić information content (AvgIpc) is 2.70. The number of nitrogens with one attached hydrogen (secondary N) is 1. The molecule has 0 bridgehead atoms. The zero-order valence-corrected chi connectivity index (χ0v) is 18.2. The van der Waals surface area contributed by atoms with E-state index in [2.05, 4.69) is 5.32 Å². The third-order valence-corrected chi connectivity index (χ3v) is 6.51. The Kier molecular flexibility index (Phi) is 7.27. The maximum atomic E-state index is 13.9. The third kappa shape index (κ3) is 6.01. The van der Waals surface area contributed by atoms with Crippen molar-refractivity contribution in [1.29, 1.82) is 0 Å². The maximum absolute atomic E-state index is 13.9. The van der Waals surface area contributed by atoms with E-state index in [0.717, 1.165) is 22.5 Å². The number of nitrogens with zero attached hydrogens (tertiary/aromatic N) is 1. The predicted octanol–water partition coefficient (Wildman–Crippen LogP) is 5.10. The molecule has 0 spiro atoms. The first-order chi connectivity index (χ1) is 14.6. The van der Waals surface area contributed by atoms with Crippen LogP contribution in [0.15, 0.2) is 71.6 Å². The van der Waals surface area contributed by atoms with Crippen molar-refractivity contribution < 1.29 is 22.0 Å². The molecule has 0 fully saturated rings. The molecule has 0 saturated heterocycles. The summed E-state index contributed by atoms with van der Waals surface area (Å²) in [5.74, 6) is -2.44. The molecule has 0 atom stereocenters. The van der Waals surface area contributed by atoms with Crippen LogP contribution in [-0.4, -0.2) is 25.2 Å². The molecular weight excluding hydrogens is 469 g/mol. The summed E-state index contributed by atoms with van der Waals surface area (Å²) < 4.78 is 54.5. The Hall–Kier alpha value is -2.52. The summed E-state index contributed by atoms with van der Waals surface area (Å²) in [6, 6.07) is 14.5. The van der Waals surface area contributed by atoms with Crippen LogP contribution in [0.25, 0.3) is 0 Å². The van der Waals surface area contributed by atoms with Gasteiger partial charge in [0.1, 0.15) is 11.6 Å². The molecule has 0 unspecified atom stereocenters. The van der Waals surface area contributed by atoms with Crippen LogP contribution >= 0.6 is 23.2 Å². The minimum atomic E-state index is -4.13. The minimum Gasteiger partial charge on any atom is -0.322 e. The van der Waals surface area contributed by atoms with Gasteiger partial charge in [0.15, 0.2) is 0 Å². The molecule has 0 aromatic heterocycles. The molecule has 10 heteroatoms. The highest BCUT2D eigenvalue weighted by Crippen LogP contribution is 2.22. The molecule has 3 aromatic carbocycles. The first-order valence-corrected chi connectivity index (χ1v) is 11.1. The van der Waals surface area contributed by atoms with Gasteiger partial charge in [0, 0.05) is 22.7 Å². The van der Waals surface area contributed by atoms with Crippen LogP contribution in [0.3, 0.4) is 0 Å². The smallest absolute Gasteiger partial charge is 0.243 e. The molecule has 0 heterocycles. The Labute approximate surface area is 188 Å². The summed E-state index contributed by atoms with van der Waals surface area (Å²) in [6.07, 6.45) is 0. The van der Waals surface area contributed by atoms with E-state index >= 15 is 0 Å². The molecule has 1 N–H and O–H groups in total. The van der Waals surface area contributed by atoms with Crippen LogP contribution < -0.4 is 5.32 Å². The van der Waals surface area contributed by atoms with Crippen molar-refractivity contribution in [3.8, 4) is 0 Å². The van der Waals surface area contributed by atoms with E-state index < -0.39 is 39.8 Å². The third-order valence-electron chi connectivity index (χ3n) is 4.22. The molecule has 0 aliphatic rings. The number of carbonyl (C=O) groups is 1. The van der Waals surface area contributed by atoms with Crippen LogP contribution in [0.5, 0.6) is 0 Å². The summed E-state index contributed by atoms with van der Waals surface area (Å²) in [6.45, 7) is -0.821. The summed E-state index contributed by atoms with van der Waals surface area (Å²) in [7, 11) is -4.13. The largest absolute Gasteiger partial charge is 0.322 e. The van der Waals surface area contributed by atoms with Crippen molar-refractivity contribution >= 4 is 44.8 Å². The van der Waals surface area contributed by atoms with Crippen molar-refractivity contribution in [3.63, 3.8) is 0 Å². The zero-order valence-electron chi connectivity index (χ0n) is 15.9.